The van der Waals surface area contributed by atoms with Gasteiger partial charge in [0, 0.05) is 26.2 Å². The molecule has 0 radical (unpaired) electrons. The van der Waals surface area contributed by atoms with Gasteiger partial charge in [-0.3, -0.25) is 14.5 Å². The molecule has 1 saturated heterocycles. The van der Waals surface area contributed by atoms with Crippen LogP contribution in [0.4, 0.5) is 23.0 Å². The van der Waals surface area contributed by atoms with E-state index in [4.69, 9.17) is 16.2 Å². The summed E-state index contributed by atoms with van der Waals surface area (Å²) in [5, 5.41) is 10.8. The average Bonchev–Trinajstić information content (AvgIpc) is 2.75. The van der Waals surface area contributed by atoms with Crippen molar-refractivity contribution in [2.45, 2.75) is 13.0 Å². The molecule has 11 heteroatoms. The number of hydrogen-bond acceptors (Lipinski definition) is 10. The summed E-state index contributed by atoms with van der Waals surface area (Å²) < 4.78 is 5.52. The van der Waals surface area contributed by atoms with E-state index in [-0.39, 0.29) is 30.1 Å². The van der Waals surface area contributed by atoms with Gasteiger partial charge in [0.15, 0.2) is 11.6 Å². The number of azo groups is 1. The Kier molecular flexibility index (Phi) is 7.82. The van der Waals surface area contributed by atoms with E-state index in [1.165, 1.54) is 0 Å². The molecule has 0 aliphatic carbocycles. The van der Waals surface area contributed by atoms with Crippen LogP contribution in [0, 0.1) is 0 Å². The molecule has 0 saturated carbocycles. The number of carbonyl (C=O) groups excluding carboxylic acids is 2. The smallest absolute Gasteiger partial charge is 0.325 e. The predicted octanol–water partition coefficient (Wildman–Crippen LogP) is 1.52. The highest BCUT2D eigenvalue weighted by Crippen LogP contribution is 2.30. The zero-order valence-electron chi connectivity index (χ0n) is 18.2. The molecule has 32 heavy (non-hydrogen) atoms. The fourth-order valence-corrected chi connectivity index (χ4v) is 2.94. The van der Waals surface area contributed by atoms with Crippen molar-refractivity contribution in [1.82, 2.24) is 14.8 Å². The maximum atomic E-state index is 12.4. The molecule has 3 rings (SSSR count). The summed E-state index contributed by atoms with van der Waals surface area (Å²) in [5.41, 5.74) is 12.1. The second kappa shape index (κ2) is 10.8. The first-order chi connectivity index (χ1) is 15.3. The molecule has 0 unspecified atom stereocenters. The first-order valence-corrected chi connectivity index (χ1v) is 10.3. The number of nitrogen functional groups attached to an aromatic ring is 1. The van der Waals surface area contributed by atoms with Gasteiger partial charge in [0.25, 0.3) is 0 Å². The lowest BCUT2D eigenvalue weighted by atomic mass is 10.3. The van der Waals surface area contributed by atoms with Gasteiger partial charge in [-0.05, 0) is 38.2 Å². The maximum absolute atomic E-state index is 12.4. The number of carbonyl (C=O) groups is 2. The quantitative estimate of drug-likeness (QED) is 0.333. The van der Waals surface area contributed by atoms with Crippen molar-refractivity contribution in [2.75, 3.05) is 50.8 Å². The number of nitrogens with two attached hydrogens (primary N) is 2. The van der Waals surface area contributed by atoms with Gasteiger partial charge in [-0.15, -0.1) is 10.2 Å². The molecule has 1 amide bonds. The topological polar surface area (TPSA) is 152 Å². The third kappa shape index (κ3) is 6.54. The second-order valence-electron chi connectivity index (χ2n) is 7.60. The summed E-state index contributed by atoms with van der Waals surface area (Å²) in [7, 11) is 2.06. The van der Waals surface area contributed by atoms with E-state index in [2.05, 4.69) is 37.4 Å². The standard InChI is InChI=1S/C21H28N8O3/c1-14(22)21(31)25-18-8-7-16(20(23)24-18)27-26-15-5-3-4-6-17(15)32-19(30)13-29-11-9-28(2)10-12-29/h3-8,14H,9-13,22H2,1-2H3,(H3,23,24,25,31)/t14-/m0/s1. The Morgan fingerprint density at radius 3 is 2.50 bits per heavy atom. The summed E-state index contributed by atoms with van der Waals surface area (Å²) in [6.07, 6.45) is 0. The Morgan fingerprint density at radius 2 is 1.81 bits per heavy atom. The molecule has 2 heterocycles. The minimum absolute atomic E-state index is 0.0840. The highest BCUT2D eigenvalue weighted by molar-refractivity contribution is 5.93. The lowest BCUT2D eigenvalue weighted by Gasteiger charge is -2.31. The first-order valence-electron chi connectivity index (χ1n) is 10.3. The van der Waals surface area contributed by atoms with Crippen LogP contribution in [0.5, 0.6) is 5.75 Å². The molecular formula is C21H28N8O3. The van der Waals surface area contributed by atoms with Crippen molar-refractivity contribution in [3.8, 4) is 5.75 Å². The number of nitrogens with one attached hydrogen (secondary N) is 1. The molecule has 1 aliphatic heterocycles. The van der Waals surface area contributed by atoms with Gasteiger partial charge in [0.05, 0.1) is 12.6 Å². The second-order valence-corrected chi connectivity index (χ2v) is 7.60. The number of rotatable bonds is 7. The van der Waals surface area contributed by atoms with E-state index in [9.17, 15) is 9.59 Å². The molecule has 170 valence electrons. The minimum Gasteiger partial charge on any atom is -0.423 e. The molecule has 1 atom stereocenters. The van der Waals surface area contributed by atoms with E-state index >= 15 is 0 Å². The number of pyridine rings is 1. The summed E-state index contributed by atoms with van der Waals surface area (Å²) in [6.45, 7) is 5.25. The number of esters is 1. The summed E-state index contributed by atoms with van der Waals surface area (Å²) in [5.74, 6) is -0.0725. The summed E-state index contributed by atoms with van der Waals surface area (Å²) in [4.78, 5) is 32.4. The zero-order valence-corrected chi connectivity index (χ0v) is 18.2. The molecule has 0 bridgehead atoms. The van der Waals surface area contributed by atoms with Gasteiger partial charge in [-0.2, -0.15) is 0 Å². The largest absolute Gasteiger partial charge is 0.423 e. The monoisotopic (exact) mass is 440 g/mol. The van der Waals surface area contributed by atoms with Crippen molar-refractivity contribution >= 4 is 34.9 Å². The van der Waals surface area contributed by atoms with Crippen molar-refractivity contribution in [2.24, 2.45) is 16.0 Å². The van der Waals surface area contributed by atoms with Gasteiger partial charge in [-0.25, -0.2) is 4.98 Å². The number of amides is 1. The SMILES string of the molecule is C[C@H](N)C(=O)Nc1ccc(N=Nc2ccccc2OC(=O)CN2CCN(C)CC2)c(N)n1. The first kappa shape index (κ1) is 23.3. The van der Waals surface area contributed by atoms with Gasteiger partial charge < -0.3 is 26.4 Å². The van der Waals surface area contributed by atoms with Crippen LogP contribution in [0.1, 0.15) is 6.92 Å². The predicted molar refractivity (Wildman–Crippen MR) is 121 cm³/mol. The Labute approximate surface area is 186 Å². The summed E-state index contributed by atoms with van der Waals surface area (Å²) in [6, 6.07) is 9.31. The number of para-hydroxylation sites is 1. The number of hydrogen-bond donors (Lipinski definition) is 3. The molecule has 1 fully saturated rings. The fourth-order valence-electron chi connectivity index (χ4n) is 2.94. The molecule has 1 aromatic heterocycles. The number of likely N-dealkylation sites (N-methyl/N-ethyl adjacent to an activating group) is 1. The van der Waals surface area contributed by atoms with Gasteiger partial charge in [0.2, 0.25) is 5.91 Å². The number of benzene rings is 1. The van der Waals surface area contributed by atoms with Crippen LogP contribution >= 0.6 is 0 Å². The van der Waals surface area contributed by atoms with Crippen LogP contribution in [-0.2, 0) is 9.59 Å². The van der Waals surface area contributed by atoms with Gasteiger partial charge >= 0.3 is 5.97 Å². The van der Waals surface area contributed by atoms with E-state index in [0.717, 1.165) is 26.2 Å². The average molecular weight is 441 g/mol. The molecule has 11 nitrogen and oxygen atoms in total. The lowest BCUT2D eigenvalue weighted by molar-refractivity contribution is -0.136. The molecule has 5 N–H and O–H groups in total. The Hall–Kier alpha value is -3.41. The number of nitrogens with zero attached hydrogens (tertiary/aromatic N) is 5. The number of aromatic nitrogens is 1. The van der Waals surface area contributed by atoms with Crippen LogP contribution < -0.4 is 21.5 Å². The third-order valence-electron chi connectivity index (χ3n) is 4.87. The number of ether oxygens (including phenoxy) is 1. The Morgan fingerprint density at radius 1 is 1.12 bits per heavy atom. The van der Waals surface area contributed by atoms with Crippen LogP contribution in [0.15, 0.2) is 46.6 Å². The highest BCUT2D eigenvalue weighted by Gasteiger charge is 2.18. The van der Waals surface area contributed by atoms with Crippen LogP contribution in [0.2, 0.25) is 0 Å². The molecule has 1 aliphatic rings. The van der Waals surface area contributed by atoms with Crippen LogP contribution in [0.3, 0.4) is 0 Å². The third-order valence-corrected chi connectivity index (χ3v) is 4.87. The number of anilines is 2. The highest BCUT2D eigenvalue weighted by atomic mass is 16.5. The molecule has 0 spiro atoms. The Balaban J connectivity index is 1.65. The molecule has 1 aromatic carbocycles. The van der Waals surface area contributed by atoms with E-state index < -0.39 is 6.04 Å². The van der Waals surface area contributed by atoms with E-state index in [1.807, 2.05) is 0 Å². The Bertz CT molecular complexity index is 987. The fraction of sp³-hybridized carbons (Fsp3) is 0.381. The van der Waals surface area contributed by atoms with Crippen molar-refractivity contribution in [3.05, 3.63) is 36.4 Å². The molecule has 2 aromatic rings. The van der Waals surface area contributed by atoms with Crippen molar-refractivity contribution in [1.29, 1.82) is 0 Å². The van der Waals surface area contributed by atoms with Crippen LogP contribution in [0.25, 0.3) is 0 Å². The molecular weight excluding hydrogens is 412 g/mol. The lowest BCUT2D eigenvalue weighted by Crippen LogP contribution is -2.46. The maximum Gasteiger partial charge on any atom is 0.325 e. The normalized spacial score (nSPS) is 16.1. The van der Waals surface area contributed by atoms with Crippen molar-refractivity contribution < 1.29 is 14.3 Å². The summed E-state index contributed by atoms with van der Waals surface area (Å²) >= 11 is 0. The van der Waals surface area contributed by atoms with E-state index in [1.54, 1.807) is 43.3 Å². The van der Waals surface area contributed by atoms with Crippen molar-refractivity contribution in [3.63, 3.8) is 0 Å². The van der Waals surface area contributed by atoms with Gasteiger partial charge in [-0.1, -0.05) is 12.1 Å². The van der Waals surface area contributed by atoms with E-state index in [0.29, 0.717) is 17.1 Å². The zero-order chi connectivity index (χ0) is 23.1. The van der Waals surface area contributed by atoms with Gasteiger partial charge in [0.1, 0.15) is 17.2 Å². The van der Waals surface area contributed by atoms with Crippen LogP contribution in [-0.4, -0.2) is 72.5 Å². The number of piperazine rings is 1. The minimum atomic E-state index is -0.673.